The van der Waals surface area contributed by atoms with Crippen molar-refractivity contribution in [3.05, 3.63) is 83.7 Å². The first-order valence-corrected chi connectivity index (χ1v) is 11.0. The predicted molar refractivity (Wildman–Crippen MR) is 117 cm³/mol. The molecule has 1 N–H and O–H groups in total. The lowest BCUT2D eigenvalue weighted by Crippen LogP contribution is -2.14. The van der Waals surface area contributed by atoms with Gasteiger partial charge in [-0.3, -0.25) is 4.72 Å². The second-order valence-corrected chi connectivity index (χ2v) is 8.77. The number of hydrogen-bond acceptors (Lipinski definition) is 6. The standard InChI is InChI=1S/C22H21N5O3S/c1-15-13-17(3)20(14-16(15)2)31(28,29)26-18-5-7-19(8-6-18)30-22-10-9-21(24-25-22)27-12-4-11-23-27/h4-14,26H,1-3H3. The highest BCUT2D eigenvalue weighted by Crippen LogP contribution is 2.25. The molecule has 0 bridgehead atoms. The molecule has 0 saturated carbocycles. The van der Waals surface area contributed by atoms with Crippen LogP contribution >= 0.6 is 0 Å². The molecule has 9 heteroatoms. The van der Waals surface area contributed by atoms with E-state index in [1.165, 1.54) is 0 Å². The van der Waals surface area contributed by atoms with Gasteiger partial charge in [-0.25, -0.2) is 13.1 Å². The van der Waals surface area contributed by atoms with E-state index >= 15 is 0 Å². The molecule has 0 unspecified atom stereocenters. The van der Waals surface area contributed by atoms with Crippen LogP contribution in [-0.4, -0.2) is 28.4 Å². The second-order valence-electron chi connectivity index (χ2n) is 7.11. The SMILES string of the molecule is Cc1cc(C)c(S(=O)(=O)Nc2ccc(Oc3ccc(-n4cccn4)nn3)cc2)cc1C. The maximum absolute atomic E-state index is 12.8. The Morgan fingerprint density at radius 3 is 2.29 bits per heavy atom. The van der Waals surface area contributed by atoms with Crippen LogP contribution < -0.4 is 9.46 Å². The molecule has 2 aromatic heterocycles. The van der Waals surface area contributed by atoms with E-state index in [9.17, 15) is 8.42 Å². The number of benzene rings is 2. The van der Waals surface area contributed by atoms with Gasteiger partial charge in [-0.1, -0.05) is 6.07 Å². The summed E-state index contributed by atoms with van der Waals surface area (Å²) in [7, 11) is -3.70. The van der Waals surface area contributed by atoms with Crippen molar-refractivity contribution in [3.8, 4) is 17.4 Å². The highest BCUT2D eigenvalue weighted by Gasteiger charge is 2.18. The largest absolute Gasteiger partial charge is 0.438 e. The molecule has 0 aliphatic rings. The van der Waals surface area contributed by atoms with E-state index in [0.717, 1.165) is 11.1 Å². The molecule has 0 atom stereocenters. The lowest BCUT2D eigenvalue weighted by atomic mass is 10.1. The van der Waals surface area contributed by atoms with Gasteiger partial charge < -0.3 is 4.74 Å². The third kappa shape index (κ3) is 4.56. The van der Waals surface area contributed by atoms with Gasteiger partial charge in [-0.2, -0.15) is 5.10 Å². The van der Waals surface area contributed by atoms with Gasteiger partial charge in [0.05, 0.1) is 4.90 Å². The number of hydrogen-bond donors (Lipinski definition) is 1. The third-order valence-corrected chi connectivity index (χ3v) is 6.30. The van der Waals surface area contributed by atoms with Gasteiger partial charge in [0.2, 0.25) is 5.88 Å². The zero-order valence-corrected chi connectivity index (χ0v) is 18.1. The van der Waals surface area contributed by atoms with Crippen LogP contribution in [0.1, 0.15) is 16.7 Å². The molecule has 31 heavy (non-hydrogen) atoms. The van der Waals surface area contributed by atoms with Crippen LogP contribution in [0.15, 0.2) is 71.9 Å². The summed E-state index contributed by atoms with van der Waals surface area (Å²) < 4.78 is 35.5. The lowest BCUT2D eigenvalue weighted by Gasteiger charge is -2.13. The minimum absolute atomic E-state index is 0.267. The van der Waals surface area contributed by atoms with Crippen LogP contribution in [0, 0.1) is 20.8 Å². The Bertz CT molecular complexity index is 1300. The van der Waals surface area contributed by atoms with Crippen LogP contribution in [0.3, 0.4) is 0 Å². The number of sulfonamides is 1. The van der Waals surface area contributed by atoms with Gasteiger partial charge in [0, 0.05) is 24.1 Å². The first kappa shape index (κ1) is 20.5. The Hall–Kier alpha value is -3.72. The minimum atomic E-state index is -3.70. The van der Waals surface area contributed by atoms with Crippen LogP contribution in [-0.2, 0) is 10.0 Å². The van der Waals surface area contributed by atoms with Gasteiger partial charge in [-0.05, 0) is 79.9 Å². The fraction of sp³-hybridized carbons (Fsp3) is 0.136. The predicted octanol–water partition coefficient (Wildman–Crippen LogP) is 4.18. The van der Waals surface area contributed by atoms with Gasteiger partial charge in [0.15, 0.2) is 5.82 Å². The fourth-order valence-electron chi connectivity index (χ4n) is 3.04. The number of nitrogens with zero attached hydrogens (tertiary/aromatic N) is 4. The molecule has 2 heterocycles. The molecule has 0 aliphatic carbocycles. The third-order valence-electron chi connectivity index (χ3n) is 4.77. The number of nitrogens with one attached hydrogen (secondary N) is 1. The highest BCUT2D eigenvalue weighted by atomic mass is 32.2. The van der Waals surface area contributed by atoms with E-state index in [1.807, 2.05) is 19.9 Å². The molecule has 8 nitrogen and oxygen atoms in total. The Balaban J connectivity index is 1.46. The van der Waals surface area contributed by atoms with E-state index < -0.39 is 10.0 Å². The summed E-state index contributed by atoms with van der Waals surface area (Å²) in [5.74, 6) is 1.39. The fourth-order valence-corrected chi connectivity index (χ4v) is 4.41. The molecule has 0 saturated heterocycles. The lowest BCUT2D eigenvalue weighted by molar-refractivity contribution is 0.454. The summed E-state index contributed by atoms with van der Waals surface area (Å²) in [4.78, 5) is 0.267. The van der Waals surface area contributed by atoms with Crippen molar-refractivity contribution >= 4 is 15.7 Å². The first-order chi connectivity index (χ1) is 14.8. The van der Waals surface area contributed by atoms with Crippen molar-refractivity contribution in [2.45, 2.75) is 25.7 Å². The van der Waals surface area contributed by atoms with Gasteiger partial charge in [0.25, 0.3) is 10.0 Å². The van der Waals surface area contributed by atoms with Crippen LogP contribution in [0.2, 0.25) is 0 Å². The maximum atomic E-state index is 12.8. The molecule has 0 amide bonds. The number of ether oxygens (including phenoxy) is 1. The molecule has 0 spiro atoms. The topological polar surface area (TPSA) is 99.0 Å². The highest BCUT2D eigenvalue weighted by molar-refractivity contribution is 7.92. The van der Waals surface area contributed by atoms with Crippen molar-refractivity contribution in [1.29, 1.82) is 0 Å². The Kier molecular flexibility index (Phi) is 5.43. The molecule has 2 aromatic carbocycles. The van der Waals surface area contributed by atoms with Gasteiger partial charge >= 0.3 is 0 Å². The van der Waals surface area contributed by atoms with Crippen molar-refractivity contribution in [2.24, 2.45) is 0 Å². The normalized spacial score (nSPS) is 11.3. The average Bonchev–Trinajstić information content (AvgIpc) is 3.27. The Morgan fingerprint density at radius 2 is 1.65 bits per heavy atom. The van der Waals surface area contributed by atoms with E-state index in [0.29, 0.717) is 28.7 Å². The van der Waals surface area contributed by atoms with E-state index in [4.69, 9.17) is 4.74 Å². The average molecular weight is 436 g/mol. The van der Waals surface area contributed by atoms with Crippen molar-refractivity contribution in [3.63, 3.8) is 0 Å². The van der Waals surface area contributed by atoms with Crippen molar-refractivity contribution in [2.75, 3.05) is 4.72 Å². The smallest absolute Gasteiger partial charge is 0.262 e. The number of rotatable bonds is 6. The number of aryl methyl sites for hydroxylation is 3. The maximum Gasteiger partial charge on any atom is 0.262 e. The summed E-state index contributed by atoms with van der Waals surface area (Å²) >= 11 is 0. The van der Waals surface area contributed by atoms with Gasteiger partial charge in [-0.15, -0.1) is 10.2 Å². The Labute approximate surface area is 180 Å². The summed E-state index contributed by atoms with van der Waals surface area (Å²) in [6, 6.07) is 15.4. The summed E-state index contributed by atoms with van der Waals surface area (Å²) in [6.07, 6.45) is 3.42. The van der Waals surface area contributed by atoms with Crippen LogP contribution in [0.4, 0.5) is 5.69 Å². The van der Waals surface area contributed by atoms with Crippen molar-refractivity contribution in [1.82, 2.24) is 20.0 Å². The molecular formula is C22H21N5O3S. The summed E-state index contributed by atoms with van der Waals surface area (Å²) in [5, 5.41) is 12.2. The summed E-state index contributed by atoms with van der Waals surface area (Å²) in [6.45, 7) is 5.64. The van der Waals surface area contributed by atoms with E-state index in [-0.39, 0.29) is 4.90 Å². The summed E-state index contributed by atoms with van der Waals surface area (Å²) in [5.41, 5.74) is 3.12. The zero-order valence-electron chi connectivity index (χ0n) is 17.3. The molecule has 0 aliphatic heterocycles. The molecule has 4 aromatic rings. The van der Waals surface area contributed by atoms with E-state index in [1.54, 1.807) is 72.5 Å². The Morgan fingerprint density at radius 1 is 0.903 bits per heavy atom. The molecular weight excluding hydrogens is 414 g/mol. The number of aromatic nitrogens is 4. The van der Waals surface area contributed by atoms with Crippen LogP contribution in [0.25, 0.3) is 5.82 Å². The quantitative estimate of drug-likeness (QED) is 0.488. The van der Waals surface area contributed by atoms with Crippen molar-refractivity contribution < 1.29 is 13.2 Å². The molecule has 4 rings (SSSR count). The monoisotopic (exact) mass is 435 g/mol. The van der Waals surface area contributed by atoms with Crippen LogP contribution in [0.5, 0.6) is 11.6 Å². The zero-order chi connectivity index (χ0) is 22.0. The molecule has 0 radical (unpaired) electrons. The number of anilines is 1. The van der Waals surface area contributed by atoms with Gasteiger partial charge in [0.1, 0.15) is 5.75 Å². The molecule has 158 valence electrons. The van der Waals surface area contributed by atoms with E-state index in [2.05, 4.69) is 20.0 Å². The minimum Gasteiger partial charge on any atom is -0.438 e. The first-order valence-electron chi connectivity index (χ1n) is 9.54. The molecule has 0 fully saturated rings. The second kappa shape index (κ2) is 8.19.